The number of hydrogen-bond acceptors (Lipinski definition) is 5. The molecule has 1 aromatic heterocycles. The number of nitrogens with zero attached hydrogens (tertiary/aromatic N) is 1. The Kier molecular flexibility index (Phi) is 7.79. The average molecular weight is 552 g/mol. The molecule has 0 bridgehead atoms. The number of urea groups is 1. The maximum absolute atomic E-state index is 13.5. The van der Waals surface area contributed by atoms with Gasteiger partial charge in [0, 0.05) is 16.3 Å². The maximum atomic E-state index is 13.5. The van der Waals surface area contributed by atoms with Gasteiger partial charge < -0.3 is 30.2 Å². The van der Waals surface area contributed by atoms with E-state index in [1.807, 2.05) is 12.1 Å². The van der Waals surface area contributed by atoms with Gasteiger partial charge >= 0.3 is 12.0 Å². The molecule has 4 N–H and O–H groups in total. The molecule has 3 aromatic rings. The number of nitrogens with one attached hydrogen (secondary N) is 2. The van der Waals surface area contributed by atoms with Gasteiger partial charge in [-0.1, -0.05) is 41.9 Å². The number of ether oxygens (including phenoxy) is 1. The summed E-state index contributed by atoms with van der Waals surface area (Å²) in [6.07, 6.45) is 3.84. The minimum Gasteiger partial charge on any atom is -0.505 e. The van der Waals surface area contributed by atoms with Crippen molar-refractivity contribution in [1.29, 1.82) is 0 Å². The first-order valence-electron chi connectivity index (χ1n) is 13.0. The van der Waals surface area contributed by atoms with Crippen LogP contribution in [0.2, 0.25) is 5.02 Å². The van der Waals surface area contributed by atoms with E-state index in [0.29, 0.717) is 47.3 Å². The molecule has 2 aliphatic rings. The summed E-state index contributed by atoms with van der Waals surface area (Å²) in [5.74, 6) is -0.222. The lowest BCUT2D eigenvalue weighted by molar-refractivity contribution is -0.137. The van der Waals surface area contributed by atoms with Crippen molar-refractivity contribution in [2.45, 2.75) is 51.1 Å². The highest BCUT2D eigenvalue weighted by Gasteiger charge is 2.27. The molecule has 10 heteroatoms. The summed E-state index contributed by atoms with van der Waals surface area (Å²) in [6, 6.07) is 12.4. The van der Waals surface area contributed by atoms with Gasteiger partial charge in [-0.25, -0.2) is 4.79 Å². The van der Waals surface area contributed by atoms with Crippen LogP contribution in [0.25, 0.3) is 0 Å². The van der Waals surface area contributed by atoms with Crippen LogP contribution in [0, 0.1) is 5.92 Å². The molecule has 1 heterocycles. The van der Waals surface area contributed by atoms with Crippen molar-refractivity contribution in [3.8, 4) is 11.5 Å². The first-order chi connectivity index (χ1) is 18.8. The lowest BCUT2D eigenvalue weighted by Gasteiger charge is -2.21. The van der Waals surface area contributed by atoms with Crippen molar-refractivity contribution in [3.63, 3.8) is 0 Å². The van der Waals surface area contributed by atoms with Crippen LogP contribution in [0.5, 0.6) is 11.5 Å². The number of hydrogen-bond donors (Lipinski definition) is 4. The number of aromatic hydroxyl groups is 1. The molecule has 0 radical (unpaired) electrons. The molecule has 2 aliphatic carbocycles. The molecule has 39 heavy (non-hydrogen) atoms. The summed E-state index contributed by atoms with van der Waals surface area (Å²) in [6.45, 7) is 0.783. The van der Waals surface area contributed by atoms with Crippen LogP contribution in [0.1, 0.15) is 54.1 Å². The fourth-order valence-corrected chi connectivity index (χ4v) is 5.12. The Balaban J connectivity index is 1.39. The third kappa shape index (κ3) is 6.20. The average Bonchev–Trinajstić information content (AvgIpc) is 3.62. The lowest BCUT2D eigenvalue weighted by Crippen LogP contribution is -2.37. The Morgan fingerprint density at radius 1 is 1.13 bits per heavy atom. The number of carbonyl (C=O) groups excluding carboxylic acids is 1. The van der Waals surface area contributed by atoms with E-state index < -0.39 is 23.6 Å². The number of amides is 2. The summed E-state index contributed by atoms with van der Waals surface area (Å²) in [4.78, 5) is 38.2. The van der Waals surface area contributed by atoms with Crippen molar-refractivity contribution < 1.29 is 24.5 Å². The Labute approximate surface area is 230 Å². The van der Waals surface area contributed by atoms with Crippen LogP contribution in [0.3, 0.4) is 0 Å². The predicted octanol–water partition coefficient (Wildman–Crippen LogP) is 4.87. The van der Waals surface area contributed by atoms with Crippen LogP contribution in [-0.4, -0.2) is 33.4 Å². The molecule has 0 aliphatic heterocycles. The van der Waals surface area contributed by atoms with E-state index in [-0.39, 0.29) is 24.4 Å². The zero-order valence-corrected chi connectivity index (χ0v) is 22.0. The standard InChI is InChI=1S/C29H30ClN3O6/c30-22-9-2-1-5-19(22)15-33-24-10-4-8-21(24)27(36)26(28(33)37)32-29(38)31-23(14-25(34)35)18-6-3-7-20(13-18)39-16-17-11-12-17/h1-3,5-7,9,13,17,23,36H,4,8,10-12,14-16H2,(H,34,35)(H2,31,32,38)/t23-/m0/s1. The number of benzene rings is 2. The number of rotatable bonds is 10. The van der Waals surface area contributed by atoms with Gasteiger partial charge in [0.1, 0.15) is 11.5 Å². The van der Waals surface area contributed by atoms with Crippen LogP contribution >= 0.6 is 11.6 Å². The first-order valence-corrected chi connectivity index (χ1v) is 13.4. The third-order valence-electron chi connectivity index (χ3n) is 7.15. The Morgan fingerprint density at radius 2 is 1.92 bits per heavy atom. The van der Waals surface area contributed by atoms with Crippen molar-refractivity contribution >= 4 is 29.3 Å². The zero-order chi connectivity index (χ0) is 27.5. The molecule has 0 saturated heterocycles. The third-order valence-corrected chi connectivity index (χ3v) is 7.52. The highest BCUT2D eigenvalue weighted by Crippen LogP contribution is 2.34. The van der Waals surface area contributed by atoms with Crippen LogP contribution < -0.4 is 20.9 Å². The van der Waals surface area contributed by atoms with E-state index >= 15 is 0 Å². The molecular formula is C29H30ClN3O6. The largest absolute Gasteiger partial charge is 0.505 e. The summed E-state index contributed by atoms with van der Waals surface area (Å²) >= 11 is 6.34. The van der Waals surface area contributed by atoms with Crippen molar-refractivity contribution in [1.82, 2.24) is 9.88 Å². The number of pyridine rings is 1. The van der Waals surface area contributed by atoms with E-state index in [9.17, 15) is 24.6 Å². The fourth-order valence-electron chi connectivity index (χ4n) is 4.92. The molecule has 0 unspecified atom stereocenters. The molecule has 204 valence electrons. The Morgan fingerprint density at radius 3 is 2.67 bits per heavy atom. The van der Waals surface area contributed by atoms with Gasteiger partial charge in [0.15, 0.2) is 5.69 Å². The Hall–Kier alpha value is -3.98. The molecular weight excluding hydrogens is 522 g/mol. The molecule has 1 saturated carbocycles. The lowest BCUT2D eigenvalue weighted by atomic mass is 10.0. The highest BCUT2D eigenvalue weighted by atomic mass is 35.5. The number of aromatic nitrogens is 1. The van der Waals surface area contributed by atoms with Crippen molar-refractivity contribution in [2.24, 2.45) is 5.92 Å². The summed E-state index contributed by atoms with van der Waals surface area (Å²) in [7, 11) is 0. The second-order valence-corrected chi connectivity index (χ2v) is 10.5. The second kappa shape index (κ2) is 11.4. The number of anilines is 1. The van der Waals surface area contributed by atoms with E-state index in [1.165, 1.54) is 4.57 Å². The minimum atomic E-state index is -1.10. The quantitative estimate of drug-likeness (QED) is 0.284. The van der Waals surface area contributed by atoms with Crippen LogP contribution in [-0.2, 0) is 24.2 Å². The molecule has 2 amide bonds. The summed E-state index contributed by atoms with van der Waals surface area (Å²) < 4.78 is 7.34. The molecule has 1 fully saturated rings. The van der Waals surface area contributed by atoms with Crippen LogP contribution in [0.4, 0.5) is 10.5 Å². The number of halogens is 1. The SMILES string of the molecule is O=C(O)C[C@H](NC(=O)Nc1c(O)c2c(n(Cc3ccccc3Cl)c1=O)CCC2)c1cccc(OCC2CC2)c1. The Bertz CT molecular complexity index is 1470. The molecule has 2 aromatic carbocycles. The van der Waals surface area contributed by atoms with Crippen molar-refractivity contribution in [2.75, 3.05) is 11.9 Å². The minimum absolute atomic E-state index is 0.187. The van der Waals surface area contributed by atoms with E-state index in [2.05, 4.69) is 10.6 Å². The fraction of sp³-hybridized carbons (Fsp3) is 0.345. The highest BCUT2D eigenvalue weighted by molar-refractivity contribution is 6.31. The van der Waals surface area contributed by atoms with Gasteiger partial charge in [-0.3, -0.25) is 9.59 Å². The molecule has 5 rings (SSSR count). The van der Waals surface area contributed by atoms with E-state index in [0.717, 1.165) is 30.5 Å². The molecule has 1 atom stereocenters. The molecule has 9 nitrogen and oxygen atoms in total. The normalized spacial score (nSPS) is 14.9. The van der Waals surface area contributed by atoms with Gasteiger partial charge in [0.2, 0.25) is 0 Å². The number of carboxylic acid groups (broad SMARTS) is 1. The maximum Gasteiger partial charge on any atom is 0.319 e. The monoisotopic (exact) mass is 551 g/mol. The smallest absolute Gasteiger partial charge is 0.319 e. The van der Waals surface area contributed by atoms with Gasteiger partial charge in [-0.2, -0.15) is 0 Å². The summed E-state index contributed by atoms with van der Waals surface area (Å²) in [5.41, 5.74) is 1.80. The van der Waals surface area contributed by atoms with Crippen molar-refractivity contribution in [3.05, 3.63) is 86.3 Å². The first kappa shape index (κ1) is 26.6. The van der Waals surface area contributed by atoms with Gasteiger partial charge in [0.05, 0.1) is 25.6 Å². The number of carbonyl (C=O) groups is 2. The van der Waals surface area contributed by atoms with E-state index in [4.69, 9.17) is 16.3 Å². The van der Waals surface area contributed by atoms with Gasteiger partial charge in [0.25, 0.3) is 5.56 Å². The van der Waals surface area contributed by atoms with E-state index in [1.54, 1.807) is 36.4 Å². The van der Waals surface area contributed by atoms with Gasteiger partial charge in [-0.05, 0) is 67.3 Å². The number of carboxylic acids is 1. The zero-order valence-electron chi connectivity index (χ0n) is 21.3. The topological polar surface area (TPSA) is 130 Å². The molecule has 0 spiro atoms. The van der Waals surface area contributed by atoms with Gasteiger partial charge in [-0.15, -0.1) is 0 Å². The summed E-state index contributed by atoms with van der Waals surface area (Å²) in [5, 5.41) is 26.1. The predicted molar refractivity (Wildman–Crippen MR) is 147 cm³/mol. The number of aliphatic carboxylic acids is 1. The number of fused-ring (bicyclic) bond motifs is 1. The van der Waals surface area contributed by atoms with Crippen LogP contribution in [0.15, 0.2) is 53.3 Å². The second-order valence-electron chi connectivity index (χ2n) is 10.1.